The Morgan fingerprint density at radius 2 is 1.90 bits per heavy atom. The summed E-state index contributed by atoms with van der Waals surface area (Å²) in [5, 5.41) is 0. The number of aromatic nitrogens is 1. The maximum Gasteiger partial charge on any atom is 0.341 e. The summed E-state index contributed by atoms with van der Waals surface area (Å²) in [6.07, 6.45) is 0. The van der Waals surface area contributed by atoms with Gasteiger partial charge in [-0.15, -0.1) is 0 Å². The second kappa shape index (κ2) is 6.06. The predicted octanol–water partition coefficient (Wildman–Crippen LogP) is 2.52. The SMILES string of the molecule is CCOC(=O)c1ccc(-c2ccc(OC)cc2)nc1N. The molecule has 2 rings (SSSR count). The first-order valence-corrected chi connectivity index (χ1v) is 6.23. The average Bonchev–Trinajstić information content (AvgIpc) is 2.47. The van der Waals surface area contributed by atoms with Gasteiger partial charge in [-0.1, -0.05) is 0 Å². The van der Waals surface area contributed by atoms with E-state index in [1.165, 1.54) is 0 Å². The van der Waals surface area contributed by atoms with E-state index in [0.29, 0.717) is 12.3 Å². The zero-order chi connectivity index (χ0) is 14.5. The number of methoxy groups -OCH3 is 1. The van der Waals surface area contributed by atoms with Crippen LogP contribution in [0.4, 0.5) is 5.82 Å². The Balaban J connectivity index is 2.30. The third kappa shape index (κ3) is 2.88. The molecule has 0 spiro atoms. The van der Waals surface area contributed by atoms with Gasteiger partial charge in [0.15, 0.2) is 0 Å². The summed E-state index contributed by atoms with van der Waals surface area (Å²) in [6, 6.07) is 10.8. The highest BCUT2D eigenvalue weighted by Crippen LogP contribution is 2.23. The molecule has 2 aromatic rings. The number of nitrogen functional groups attached to an aromatic ring is 1. The lowest BCUT2D eigenvalue weighted by Crippen LogP contribution is -2.09. The molecule has 20 heavy (non-hydrogen) atoms. The first-order valence-electron chi connectivity index (χ1n) is 6.23. The number of carbonyl (C=O) groups is 1. The monoisotopic (exact) mass is 272 g/mol. The van der Waals surface area contributed by atoms with E-state index in [9.17, 15) is 4.79 Å². The fourth-order valence-corrected chi connectivity index (χ4v) is 1.78. The van der Waals surface area contributed by atoms with E-state index in [1.807, 2.05) is 24.3 Å². The molecule has 1 heterocycles. The Morgan fingerprint density at radius 3 is 2.45 bits per heavy atom. The summed E-state index contributed by atoms with van der Waals surface area (Å²) in [5.74, 6) is 0.473. The second-order valence-corrected chi connectivity index (χ2v) is 4.08. The molecule has 0 saturated heterocycles. The second-order valence-electron chi connectivity index (χ2n) is 4.08. The third-order valence-corrected chi connectivity index (χ3v) is 2.81. The van der Waals surface area contributed by atoms with Crippen molar-refractivity contribution in [3.63, 3.8) is 0 Å². The molecule has 1 aromatic heterocycles. The van der Waals surface area contributed by atoms with Crippen molar-refractivity contribution >= 4 is 11.8 Å². The van der Waals surface area contributed by atoms with Crippen LogP contribution in [0.2, 0.25) is 0 Å². The zero-order valence-electron chi connectivity index (χ0n) is 11.4. The van der Waals surface area contributed by atoms with Crippen molar-refractivity contribution in [2.75, 3.05) is 19.5 Å². The van der Waals surface area contributed by atoms with Gasteiger partial charge in [0.1, 0.15) is 17.1 Å². The maximum atomic E-state index is 11.6. The summed E-state index contributed by atoms with van der Waals surface area (Å²) in [6.45, 7) is 2.05. The Bertz CT molecular complexity index is 609. The van der Waals surface area contributed by atoms with Gasteiger partial charge in [-0.05, 0) is 43.3 Å². The number of carbonyl (C=O) groups excluding carboxylic acids is 1. The summed E-state index contributed by atoms with van der Waals surface area (Å²) in [7, 11) is 1.61. The molecule has 2 N–H and O–H groups in total. The third-order valence-electron chi connectivity index (χ3n) is 2.81. The number of nitrogens with zero attached hydrogens (tertiary/aromatic N) is 1. The van der Waals surface area contributed by atoms with Crippen LogP contribution in [0.25, 0.3) is 11.3 Å². The lowest BCUT2D eigenvalue weighted by molar-refractivity contribution is 0.0527. The molecule has 0 aliphatic rings. The smallest absolute Gasteiger partial charge is 0.341 e. The minimum absolute atomic E-state index is 0.164. The van der Waals surface area contributed by atoms with E-state index in [1.54, 1.807) is 26.2 Å². The number of hydrogen-bond donors (Lipinski definition) is 1. The molecule has 0 bridgehead atoms. The van der Waals surface area contributed by atoms with Gasteiger partial charge in [-0.3, -0.25) is 0 Å². The van der Waals surface area contributed by atoms with Crippen LogP contribution in [0.5, 0.6) is 5.75 Å². The van der Waals surface area contributed by atoms with E-state index >= 15 is 0 Å². The minimum atomic E-state index is -0.459. The number of nitrogens with two attached hydrogens (primary N) is 1. The van der Waals surface area contributed by atoms with Crippen molar-refractivity contribution in [1.82, 2.24) is 4.98 Å². The fraction of sp³-hybridized carbons (Fsp3) is 0.200. The molecule has 0 fully saturated rings. The molecule has 0 radical (unpaired) electrons. The van der Waals surface area contributed by atoms with Crippen molar-refractivity contribution < 1.29 is 14.3 Å². The largest absolute Gasteiger partial charge is 0.497 e. The zero-order valence-corrected chi connectivity index (χ0v) is 11.4. The van der Waals surface area contributed by atoms with Gasteiger partial charge in [0, 0.05) is 5.56 Å². The van der Waals surface area contributed by atoms with Gasteiger partial charge in [-0.25, -0.2) is 9.78 Å². The Labute approximate surface area is 117 Å². The van der Waals surface area contributed by atoms with Gasteiger partial charge in [0.2, 0.25) is 0 Å². The minimum Gasteiger partial charge on any atom is -0.497 e. The van der Waals surface area contributed by atoms with E-state index in [-0.39, 0.29) is 11.4 Å². The fourth-order valence-electron chi connectivity index (χ4n) is 1.78. The van der Waals surface area contributed by atoms with Crippen LogP contribution in [-0.4, -0.2) is 24.7 Å². The molecule has 5 nitrogen and oxygen atoms in total. The molecule has 0 atom stereocenters. The van der Waals surface area contributed by atoms with Gasteiger partial charge in [-0.2, -0.15) is 0 Å². The van der Waals surface area contributed by atoms with Gasteiger partial charge in [0.25, 0.3) is 0 Å². The van der Waals surface area contributed by atoms with Crippen LogP contribution < -0.4 is 10.5 Å². The summed E-state index contributed by atoms with van der Waals surface area (Å²) in [4.78, 5) is 15.9. The van der Waals surface area contributed by atoms with Crippen molar-refractivity contribution in [3.05, 3.63) is 42.0 Å². The first-order chi connectivity index (χ1) is 9.65. The van der Waals surface area contributed by atoms with Crippen LogP contribution >= 0.6 is 0 Å². The van der Waals surface area contributed by atoms with E-state index in [2.05, 4.69) is 4.98 Å². The van der Waals surface area contributed by atoms with Crippen LogP contribution in [0.1, 0.15) is 17.3 Å². The maximum absolute atomic E-state index is 11.6. The molecule has 0 unspecified atom stereocenters. The van der Waals surface area contributed by atoms with Crippen LogP contribution in [-0.2, 0) is 4.74 Å². The summed E-state index contributed by atoms with van der Waals surface area (Å²) >= 11 is 0. The van der Waals surface area contributed by atoms with E-state index in [0.717, 1.165) is 11.3 Å². The number of ether oxygens (including phenoxy) is 2. The van der Waals surface area contributed by atoms with Crippen molar-refractivity contribution in [3.8, 4) is 17.0 Å². The van der Waals surface area contributed by atoms with Crippen molar-refractivity contribution in [1.29, 1.82) is 0 Å². The van der Waals surface area contributed by atoms with Crippen molar-refractivity contribution in [2.24, 2.45) is 0 Å². The molecule has 0 aliphatic carbocycles. The predicted molar refractivity (Wildman–Crippen MR) is 76.6 cm³/mol. The molecule has 0 amide bonds. The van der Waals surface area contributed by atoms with Crippen molar-refractivity contribution in [2.45, 2.75) is 6.92 Å². The topological polar surface area (TPSA) is 74.4 Å². The average molecular weight is 272 g/mol. The van der Waals surface area contributed by atoms with Gasteiger partial charge >= 0.3 is 5.97 Å². The molecule has 0 aliphatic heterocycles. The van der Waals surface area contributed by atoms with Gasteiger partial charge < -0.3 is 15.2 Å². The highest BCUT2D eigenvalue weighted by Gasteiger charge is 2.12. The molecular formula is C15H16N2O3. The first kappa shape index (κ1) is 13.9. The number of rotatable bonds is 4. The number of pyridine rings is 1. The molecule has 5 heteroatoms. The molecular weight excluding hydrogens is 256 g/mol. The molecule has 104 valence electrons. The number of anilines is 1. The Hall–Kier alpha value is -2.56. The Kier molecular flexibility index (Phi) is 4.20. The summed E-state index contributed by atoms with van der Waals surface area (Å²) < 4.78 is 10.0. The normalized spacial score (nSPS) is 10.1. The highest BCUT2D eigenvalue weighted by atomic mass is 16.5. The molecule has 0 saturated carbocycles. The van der Waals surface area contributed by atoms with E-state index in [4.69, 9.17) is 15.2 Å². The van der Waals surface area contributed by atoms with E-state index < -0.39 is 5.97 Å². The molecule has 1 aromatic carbocycles. The number of benzene rings is 1. The lowest BCUT2D eigenvalue weighted by Gasteiger charge is -2.07. The highest BCUT2D eigenvalue weighted by molar-refractivity contribution is 5.94. The lowest BCUT2D eigenvalue weighted by atomic mass is 10.1. The number of hydrogen-bond acceptors (Lipinski definition) is 5. The summed E-state index contributed by atoms with van der Waals surface area (Å²) in [5.41, 5.74) is 7.68. The Morgan fingerprint density at radius 1 is 1.20 bits per heavy atom. The standard InChI is InChI=1S/C15H16N2O3/c1-3-20-15(18)12-8-9-13(17-14(12)16)10-4-6-11(19-2)7-5-10/h4-9H,3H2,1-2H3,(H2,16,17). The van der Waals surface area contributed by atoms with Gasteiger partial charge in [0.05, 0.1) is 19.4 Å². The quantitative estimate of drug-likeness (QED) is 0.866. The van der Waals surface area contributed by atoms with Crippen LogP contribution in [0, 0.1) is 0 Å². The van der Waals surface area contributed by atoms with Crippen LogP contribution in [0.3, 0.4) is 0 Å². The number of esters is 1. The van der Waals surface area contributed by atoms with Crippen LogP contribution in [0.15, 0.2) is 36.4 Å².